The second-order valence-electron chi connectivity index (χ2n) is 10.8. The summed E-state index contributed by atoms with van der Waals surface area (Å²) in [5, 5.41) is 1.11. The highest BCUT2D eigenvalue weighted by atomic mass is 35.5. The Morgan fingerprint density at radius 1 is 0.927 bits per heavy atom. The second kappa shape index (κ2) is 14.2. The number of benzene rings is 2. The zero-order valence-corrected chi connectivity index (χ0v) is 25.1. The fourth-order valence-corrected chi connectivity index (χ4v) is 6.61. The largest absolute Gasteiger partial charge is 0.466 e. The van der Waals surface area contributed by atoms with Crippen LogP contribution >= 0.6 is 23.4 Å². The fraction of sp³-hybridized carbons (Fsp3) is 0.438. The summed E-state index contributed by atoms with van der Waals surface area (Å²) < 4.78 is 5.13. The van der Waals surface area contributed by atoms with Crippen molar-refractivity contribution in [1.82, 2.24) is 14.9 Å². The smallest absolute Gasteiger partial charge is 0.309 e. The standard InChI is InChI=1S/C32H37ClN4O3S/c1-2-40-31(39)27-14-18-37(19-15-27)30(38)26-10-8-25(9-11-26)22-41-32-34-28(33)21-29(35-32)36-16-12-24(13-17-36)20-23-6-4-3-5-7-23/h3-11,21,24,27H,2,12-20,22H2,1H3. The molecule has 0 atom stereocenters. The molecule has 9 heteroatoms. The zero-order chi connectivity index (χ0) is 28.6. The molecule has 7 nitrogen and oxygen atoms in total. The van der Waals surface area contributed by atoms with Crippen molar-refractivity contribution in [3.63, 3.8) is 0 Å². The van der Waals surface area contributed by atoms with Gasteiger partial charge in [0.05, 0.1) is 12.5 Å². The van der Waals surface area contributed by atoms with Crippen molar-refractivity contribution in [3.8, 4) is 0 Å². The van der Waals surface area contributed by atoms with Gasteiger partial charge in [0.25, 0.3) is 5.91 Å². The number of nitrogens with zero attached hydrogens (tertiary/aromatic N) is 4. The Kier molecular flexibility index (Phi) is 10.2. The van der Waals surface area contributed by atoms with Crippen LogP contribution in [0.2, 0.25) is 5.15 Å². The van der Waals surface area contributed by atoms with Crippen molar-refractivity contribution in [1.29, 1.82) is 0 Å². The van der Waals surface area contributed by atoms with E-state index in [1.54, 1.807) is 11.8 Å². The minimum Gasteiger partial charge on any atom is -0.466 e. The monoisotopic (exact) mass is 592 g/mol. The maximum absolute atomic E-state index is 13.0. The van der Waals surface area contributed by atoms with E-state index in [4.69, 9.17) is 21.3 Å². The molecule has 1 aromatic heterocycles. The summed E-state index contributed by atoms with van der Waals surface area (Å²) in [5.74, 6) is 1.99. The van der Waals surface area contributed by atoms with Crippen LogP contribution < -0.4 is 4.90 Å². The fourth-order valence-electron chi connectivity index (χ4n) is 5.58. The Hall–Kier alpha value is -3.10. The number of esters is 1. The molecule has 0 saturated carbocycles. The van der Waals surface area contributed by atoms with Crippen LogP contribution in [0, 0.1) is 11.8 Å². The van der Waals surface area contributed by atoms with Gasteiger partial charge >= 0.3 is 5.97 Å². The highest BCUT2D eigenvalue weighted by Crippen LogP contribution is 2.29. The molecule has 0 bridgehead atoms. The van der Waals surface area contributed by atoms with Gasteiger partial charge in [0, 0.05) is 43.6 Å². The molecule has 0 spiro atoms. The molecule has 3 aromatic rings. The molecule has 0 aliphatic carbocycles. The summed E-state index contributed by atoms with van der Waals surface area (Å²) >= 11 is 7.94. The zero-order valence-electron chi connectivity index (χ0n) is 23.5. The average molecular weight is 593 g/mol. The summed E-state index contributed by atoms with van der Waals surface area (Å²) in [4.78, 5) is 38.4. The lowest BCUT2D eigenvalue weighted by Gasteiger charge is -2.33. The van der Waals surface area contributed by atoms with Crippen molar-refractivity contribution >= 4 is 41.1 Å². The Balaban J connectivity index is 1.11. The molecule has 0 N–H and O–H groups in total. The van der Waals surface area contributed by atoms with Crippen molar-refractivity contribution in [2.24, 2.45) is 11.8 Å². The molecule has 2 aromatic carbocycles. The van der Waals surface area contributed by atoms with E-state index in [2.05, 4.69) is 40.2 Å². The number of anilines is 1. The predicted octanol–water partition coefficient (Wildman–Crippen LogP) is 6.30. The second-order valence-corrected chi connectivity index (χ2v) is 12.1. The Bertz CT molecular complexity index is 1310. The summed E-state index contributed by atoms with van der Waals surface area (Å²) in [6, 6.07) is 20.3. The van der Waals surface area contributed by atoms with Crippen LogP contribution in [0.4, 0.5) is 5.82 Å². The number of amides is 1. The molecule has 2 aliphatic rings. The van der Waals surface area contributed by atoms with Crippen molar-refractivity contribution in [3.05, 3.63) is 82.5 Å². The van der Waals surface area contributed by atoms with E-state index < -0.39 is 0 Å². The van der Waals surface area contributed by atoms with Crippen LogP contribution in [0.3, 0.4) is 0 Å². The molecular formula is C32H37ClN4O3S. The highest BCUT2D eigenvalue weighted by Gasteiger charge is 2.28. The first-order valence-corrected chi connectivity index (χ1v) is 15.9. The molecule has 3 heterocycles. The number of ether oxygens (including phenoxy) is 1. The normalized spacial score (nSPS) is 16.5. The van der Waals surface area contributed by atoms with E-state index in [0.29, 0.717) is 60.1 Å². The number of hydrogen-bond donors (Lipinski definition) is 0. The lowest BCUT2D eigenvalue weighted by atomic mass is 9.90. The third kappa shape index (κ3) is 8.01. The van der Waals surface area contributed by atoms with E-state index in [1.807, 2.05) is 42.2 Å². The van der Waals surface area contributed by atoms with Crippen LogP contribution in [0.5, 0.6) is 0 Å². The molecule has 1 amide bonds. The van der Waals surface area contributed by atoms with Crippen LogP contribution in [0.1, 0.15) is 54.1 Å². The lowest BCUT2D eigenvalue weighted by molar-refractivity contribution is -0.149. The first-order valence-electron chi connectivity index (χ1n) is 14.5. The predicted molar refractivity (Wildman–Crippen MR) is 163 cm³/mol. The number of piperidine rings is 2. The third-order valence-electron chi connectivity index (χ3n) is 7.94. The lowest BCUT2D eigenvalue weighted by Crippen LogP contribution is -2.40. The van der Waals surface area contributed by atoms with Crippen LogP contribution in [-0.2, 0) is 21.7 Å². The first-order chi connectivity index (χ1) is 20.0. The molecule has 2 saturated heterocycles. The molecule has 2 fully saturated rings. The molecule has 2 aliphatic heterocycles. The molecule has 0 unspecified atom stereocenters. The van der Waals surface area contributed by atoms with Gasteiger partial charge in [0.1, 0.15) is 11.0 Å². The Morgan fingerprint density at radius 3 is 2.32 bits per heavy atom. The maximum atomic E-state index is 13.0. The van der Waals surface area contributed by atoms with Crippen LogP contribution in [0.15, 0.2) is 65.8 Å². The quantitative estimate of drug-likeness (QED) is 0.125. The number of hydrogen-bond acceptors (Lipinski definition) is 7. The number of thioether (sulfide) groups is 1. The average Bonchev–Trinajstić information content (AvgIpc) is 3.01. The van der Waals surface area contributed by atoms with Gasteiger partial charge in [-0.15, -0.1) is 0 Å². The Labute approximate surface area is 251 Å². The minimum atomic E-state index is -0.152. The summed E-state index contributed by atoms with van der Waals surface area (Å²) in [7, 11) is 0. The van der Waals surface area contributed by atoms with Gasteiger partial charge in [0.2, 0.25) is 0 Å². The summed E-state index contributed by atoms with van der Waals surface area (Å²) in [6.07, 6.45) is 4.68. The molecule has 5 rings (SSSR count). The number of carbonyl (C=O) groups is 2. The van der Waals surface area contributed by atoms with Crippen LogP contribution in [-0.4, -0.2) is 59.5 Å². The van der Waals surface area contributed by atoms with Crippen molar-refractivity contribution < 1.29 is 14.3 Å². The van der Waals surface area contributed by atoms with E-state index >= 15 is 0 Å². The van der Waals surface area contributed by atoms with Crippen molar-refractivity contribution in [2.75, 3.05) is 37.7 Å². The van der Waals surface area contributed by atoms with Crippen molar-refractivity contribution in [2.45, 2.75) is 49.9 Å². The molecule has 216 valence electrons. The van der Waals surface area contributed by atoms with E-state index in [1.165, 1.54) is 5.56 Å². The first kappa shape index (κ1) is 29.4. The number of aromatic nitrogens is 2. The van der Waals surface area contributed by atoms with Crippen LogP contribution in [0.25, 0.3) is 0 Å². The molecule has 0 radical (unpaired) electrons. The van der Waals surface area contributed by atoms with E-state index in [0.717, 1.165) is 43.7 Å². The van der Waals surface area contributed by atoms with Gasteiger partial charge in [-0.2, -0.15) is 0 Å². The highest BCUT2D eigenvalue weighted by molar-refractivity contribution is 7.98. The minimum absolute atomic E-state index is 0.00173. The number of rotatable bonds is 9. The SMILES string of the molecule is CCOC(=O)C1CCN(C(=O)c2ccc(CSc3nc(Cl)cc(N4CCC(Cc5ccccc5)CC4)n3)cc2)CC1. The van der Waals surface area contributed by atoms with Gasteiger partial charge in [0.15, 0.2) is 5.16 Å². The third-order valence-corrected chi connectivity index (χ3v) is 9.05. The maximum Gasteiger partial charge on any atom is 0.309 e. The van der Waals surface area contributed by atoms with E-state index in [9.17, 15) is 9.59 Å². The van der Waals surface area contributed by atoms with Gasteiger partial charge in [-0.25, -0.2) is 9.97 Å². The number of halogens is 1. The van der Waals surface area contributed by atoms with E-state index in [-0.39, 0.29) is 17.8 Å². The summed E-state index contributed by atoms with van der Waals surface area (Å²) in [5.41, 5.74) is 3.15. The number of likely N-dealkylation sites (tertiary alicyclic amines) is 1. The summed E-state index contributed by atoms with van der Waals surface area (Å²) in [6.45, 7) is 5.27. The Morgan fingerprint density at radius 2 is 1.63 bits per heavy atom. The van der Waals surface area contributed by atoms with Gasteiger partial charge in [-0.05, 0) is 68.2 Å². The van der Waals surface area contributed by atoms with Gasteiger partial charge in [-0.1, -0.05) is 65.8 Å². The van der Waals surface area contributed by atoms with Gasteiger partial charge < -0.3 is 14.5 Å². The topological polar surface area (TPSA) is 75.6 Å². The van der Waals surface area contributed by atoms with Gasteiger partial charge in [-0.3, -0.25) is 9.59 Å². The molecule has 41 heavy (non-hydrogen) atoms. The molecular weight excluding hydrogens is 556 g/mol. The number of carbonyl (C=O) groups excluding carboxylic acids is 2.